The van der Waals surface area contributed by atoms with E-state index in [2.05, 4.69) is 9.36 Å². The van der Waals surface area contributed by atoms with Gasteiger partial charge in [-0.2, -0.15) is 4.37 Å². The average Bonchev–Trinajstić information content (AvgIpc) is 2.64. The monoisotopic (exact) mass is 244 g/mol. The molecule has 0 bridgehead atoms. The molecule has 1 heterocycles. The molecule has 0 amide bonds. The van der Waals surface area contributed by atoms with Crippen molar-refractivity contribution >= 4 is 23.1 Å². The predicted molar refractivity (Wildman–Crippen MR) is 56.9 cm³/mol. The molecule has 15 heavy (non-hydrogen) atoms. The lowest BCUT2D eigenvalue weighted by Crippen LogP contribution is -1.90. The van der Waals surface area contributed by atoms with Crippen LogP contribution in [0.15, 0.2) is 18.2 Å². The lowest BCUT2D eigenvalue weighted by atomic mass is 10.2. The van der Waals surface area contributed by atoms with Gasteiger partial charge >= 0.3 is 0 Å². The number of methoxy groups -OCH3 is 1. The number of halogens is 2. The number of hydrogen-bond acceptors (Lipinski definition) is 4. The zero-order chi connectivity index (χ0) is 10.8. The van der Waals surface area contributed by atoms with E-state index >= 15 is 0 Å². The molecule has 0 atom stereocenters. The van der Waals surface area contributed by atoms with Crippen molar-refractivity contribution in [1.29, 1.82) is 0 Å². The van der Waals surface area contributed by atoms with Crippen LogP contribution in [0.5, 0.6) is 5.75 Å². The largest absolute Gasteiger partial charge is 0.496 e. The summed E-state index contributed by atoms with van der Waals surface area (Å²) in [5.74, 6) is 0.475. The second-order valence-electron chi connectivity index (χ2n) is 2.72. The van der Waals surface area contributed by atoms with E-state index in [4.69, 9.17) is 16.3 Å². The maximum atomic E-state index is 12.9. The van der Waals surface area contributed by atoms with Crippen molar-refractivity contribution in [3.63, 3.8) is 0 Å². The molecular formula is C9H6ClFN2OS. The molecular weight excluding hydrogens is 239 g/mol. The highest BCUT2D eigenvalue weighted by Crippen LogP contribution is 2.30. The van der Waals surface area contributed by atoms with E-state index in [-0.39, 0.29) is 5.82 Å². The molecule has 2 aromatic rings. The fourth-order valence-corrected chi connectivity index (χ4v) is 1.78. The summed E-state index contributed by atoms with van der Waals surface area (Å²) in [6.07, 6.45) is 0. The summed E-state index contributed by atoms with van der Waals surface area (Å²) in [5.41, 5.74) is 0.627. The molecule has 0 saturated carbocycles. The quantitative estimate of drug-likeness (QED) is 0.815. The number of nitrogens with zero attached hydrogens (tertiary/aromatic N) is 2. The molecule has 3 nitrogen and oxygen atoms in total. The van der Waals surface area contributed by atoms with Crippen LogP contribution in [0.4, 0.5) is 4.39 Å². The molecule has 0 fully saturated rings. The molecule has 0 unspecified atom stereocenters. The number of benzene rings is 1. The molecule has 78 valence electrons. The van der Waals surface area contributed by atoms with Crippen molar-refractivity contribution in [2.24, 2.45) is 0 Å². The Morgan fingerprint density at radius 3 is 2.87 bits per heavy atom. The van der Waals surface area contributed by atoms with Crippen molar-refractivity contribution in [1.82, 2.24) is 9.36 Å². The minimum atomic E-state index is -0.364. The van der Waals surface area contributed by atoms with Gasteiger partial charge in [0, 0.05) is 6.07 Å². The summed E-state index contributed by atoms with van der Waals surface area (Å²) < 4.78 is 22.3. The number of rotatable bonds is 2. The van der Waals surface area contributed by atoms with Gasteiger partial charge in [0.05, 0.1) is 12.7 Å². The van der Waals surface area contributed by atoms with Crippen LogP contribution in [0.2, 0.25) is 4.47 Å². The third-order valence-electron chi connectivity index (χ3n) is 1.81. The Balaban J connectivity index is 2.52. The Labute approximate surface area is 94.7 Å². The summed E-state index contributed by atoms with van der Waals surface area (Å²) >= 11 is 6.74. The Hall–Kier alpha value is -1.20. The molecule has 0 aliphatic heterocycles. The van der Waals surface area contributed by atoms with Gasteiger partial charge < -0.3 is 4.74 Å². The van der Waals surface area contributed by atoms with Crippen LogP contribution < -0.4 is 4.74 Å². The molecule has 1 aromatic carbocycles. The Bertz CT molecular complexity index is 489. The first-order valence-electron chi connectivity index (χ1n) is 4.04. The van der Waals surface area contributed by atoms with Gasteiger partial charge in [0.15, 0.2) is 5.82 Å². The first-order chi connectivity index (χ1) is 7.20. The Kier molecular flexibility index (Phi) is 2.83. The Morgan fingerprint density at radius 2 is 2.27 bits per heavy atom. The van der Waals surface area contributed by atoms with E-state index in [1.54, 1.807) is 6.07 Å². The zero-order valence-corrected chi connectivity index (χ0v) is 9.27. The minimum absolute atomic E-state index is 0.344. The highest BCUT2D eigenvalue weighted by atomic mass is 35.5. The fraction of sp³-hybridized carbons (Fsp3) is 0.111. The van der Waals surface area contributed by atoms with Crippen LogP contribution in [0.3, 0.4) is 0 Å². The summed E-state index contributed by atoms with van der Waals surface area (Å²) in [7, 11) is 1.46. The summed E-state index contributed by atoms with van der Waals surface area (Å²) in [4.78, 5) is 3.99. The van der Waals surface area contributed by atoms with Gasteiger partial charge in [-0.3, -0.25) is 0 Å². The number of ether oxygens (including phenoxy) is 1. The average molecular weight is 245 g/mol. The highest BCUT2D eigenvalue weighted by Gasteiger charge is 2.11. The number of hydrogen-bond donors (Lipinski definition) is 0. The lowest BCUT2D eigenvalue weighted by Gasteiger charge is -2.04. The van der Waals surface area contributed by atoms with Gasteiger partial charge in [-0.25, -0.2) is 9.37 Å². The lowest BCUT2D eigenvalue weighted by molar-refractivity contribution is 0.412. The van der Waals surface area contributed by atoms with E-state index in [9.17, 15) is 4.39 Å². The second-order valence-corrected chi connectivity index (χ2v) is 4.05. The predicted octanol–water partition coefficient (Wildman–Crippen LogP) is 3.01. The highest BCUT2D eigenvalue weighted by molar-refractivity contribution is 7.10. The summed E-state index contributed by atoms with van der Waals surface area (Å²) in [6, 6.07) is 4.17. The van der Waals surface area contributed by atoms with E-state index in [1.165, 1.54) is 19.2 Å². The van der Waals surface area contributed by atoms with Crippen LogP contribution in [-0.2, 0) is 0 Å². The molecule has 0 aliphatic carbocycles. The molecule has 2 rings (SSSR count). The van der Waals surface area contributed by atoms with Crippen molar-refractivity contribution in [3.05, 3.63) is 28.5 Å². The molecule has 0 spiro atoms. The van der Waals surface area contributed by atoms with Crippen LogP contribution in [0.1, 0.15) is 0 Å². The van der Waals surface area contributed by atoms with Gasteiger partial charge in [-0.1, -0.05) is 0 Å². The maximum Gasteiger partial charge on any atom is 0.203 e. The van der Waals surface area contributed by atoms with Crippen LogP contribution in [0.25, 0.3) is 11.4 Å². The normalized spacial score (nSPS) is 10.3. The van der Waals surface area contributed by atoms with Crippen LogP contribution in [0, 0.1) is 5.82 Å². The van der Waals surface area contributed by atoms with Gasteiger partial charge in [-0.15, -0.1) is 0 Å². The first-order valence-corrected chi connectivity index (χ1v) is 5.19. The molecule has 0 N–H and O–H groups in total. The van der Waals surface area contributed by atoms with Crippen LogP contribution >= 0.6 is 23.1 Å². The maximum absolute atomic E-state index is 12.9. The van der Waals surface area contributed by atoms with Gasteiger partial charge in [0.25, 0.3) is 0 Å². The third kappa shape index (κ3) is 2.08. The van der Waals surface area contributed by atoms with Crippen LogP contribution in [-0.4, -0.2) is 16.5 Å². The summed E-state index contributed by atoms with van der Waals surface area (Å²) in [6.45, 7) is 0. The van der Waals surface area contributed by atoms with E-state index < -0.39 is 0 Å². The molecule has 0 radical (unpaired) electrons. The third-order valence-corrected chi connectivity index (χ3v) is 2.60. The standard InChI is InChI=1S/C9H6ClFN2OS/c1-14-7-4-5(11)2-3-6(7)8-12-9(10)15-13-8/h2-4H,1H3. The van der Waals surface area contributed by atoms with Gasteiger partial charge in [-0.05, 0) is 35.3 Å². The molecule has 0 aliphatic rings. The molecule has 1 aromatic heterocycles. The van der Waals surface area contributed by atoms with Gasteiger partial charge in [0.1, 0.15) is 11.6 Å². The fourth-order valence-electron chi connectivity index (χ4n) is 1.16. The first kappa shape index (κ1) is 10.3. The smallest absolute Gasteiger partial charge is 0.203 e. The van der Waals surface area contributed by atoms with Crippen molar-refractivity contribution < 1.29 is 9.13 Å². The molecule has 0 saturated heterocycles. The van der Waals surface area contributed by atoms with Gasteiger partial charge in [0.2, 0.25) is 4.47 Å². The zero-order valence-electron chi connectivity index (χ0n) is 7.70. The van der Waals surface area contributed by atoms with Crippen molar-refractivity contribution in [2.45, 2.75) is 0 Å². The minimum Gasteiger partial charge on any atom is -0.496 e. The number of aromatic nitrogens is 2. The van der Waals surface area contributed by atoms with E-state index in [1.807, 2.05) is 0 Å². The van der Waals surface area contributed by atoms with Crippen molar-refractivity contribution in [2.75, 3.05) is 7.11 Å². The second kappa shape index (κ2) is 4.12. The topological polar surface area (TPSA) is 35.0 Å². The SMILES string of the molecule is COc1cc(F)ccc1-c1nsc(Cl)n1. The Morgan fingerprint density at radius 1 is 1.47 bits per heavy atom. The molecule has 6 heteroatoms. The van der Waals surface area contributed by atoms with E-state index in [0.717, 1.165) is 11.5 Å². The van der Waals surface area contributed by atoms with Crippen molar-refractivity contribution in [3.8, 4) is 17.1 Å². The van der Waals surface area contributed by atoms with E-state index in [0.29, 0.717) is 21.6 Å². The summed E-state index contributed by atoms with van der Waals surface area (Å²) in [5, 5.41) is 0.